The van der Waals surface area contributed by atoms with Gasteiger partial charge in [0.1, 0.15) is 0 Å². The molecule has 0 aliphatic carbocycles. The van der Waals surface area contributed by atoms with Crippen molar-refractivity contribution in [2.75, 3.05) is 6.54 Å². The number of hydrogen-bond donors (Lipinski definition) is 1. The number of rotatable bonds is 3. The summed E-state index contributed by atoms with van der Waals surface area (Å²) < 4.78 is 1.62. The highest BCUT2D eigenvalue weighted by atomic mass is 32.2. The van der Waals surface area contributed by atoms with E-state index in [4.69, 9.17) is 0 Å². The lowest BCUT2D eigenvalue weighted by molar-refractivity contribution is -0.120. The summed E-state index contributed by atoms with van der Waals surface area (Å²) in [5, 5.41) is 4.83. The molecule has 0 radical (unpaired) electrons. The van der Waals surface area contributed by atoms with Crippen LogP contribution in [-0.2, 0) is 10.5 Å². The summed E-state index contributed by atoms with van der Waals surface area (Å²) in [7, 11) is 0. The highest BCUT2D eigenvalue weighted by Gasteiger charge is 2.21. The van der Waals surface area contributed by atoms with Gasteiger partial charge in [0.05, 0.1) is 10.9 Å². The van der Waals surface area contributed by atoms with Gasteiger partial charge < -0.3 is 5.32 Å². The molecule has 0 aromatic carbocycles. The molecule has 3 heterocycles. The second kappa shape index (κ2) is 6.19. The van der Waals surface area contributed by atoms with E-state index in [1.807, 2.05) is 12.3 Å². The molecular weight excluding hydrogens is 306 g/mol. The summed E-state index contributed by atoms with van der Waals surface area (Å²) in [6, 6.07) is 1.58. The number of nitrogens with one attached hydrogen (secondary N) is 1. The van der Waals surface area contributed by atoms with Crippen LogP contribution in [0.2, 0.25) is 0 Å². The molecule has 112 valence electrons. The van der Waals surface area contributed by atoms with E-state index in [1.54, 1.807) is 22.2 Å². The van der Waals surface area contributed by atoms with Gasteiger partial charge in [0.15, 0.2) is 4.96 Å². The second-order valence-electron chi connectivity index (χ2n) is 5.17. The van der Waals surface area contributed by atoms with Crippen LogP contribution in [-0.4, -0.2) is 27.1 Å². The number of hydrogen-bond acceptors (Lipinski definition) is 5. The third-order valence-electron chi connectivity index (χ3n) is 3.55. The first-order chi connectivity index (χ1) is 10.1. The van der Waals surface area contributed by atoms with Crippen LogP contribution >= 0.6 is 23.1 Å². The molecular formula is C14H17N3O2S2. The molecule has 0 saturated carbocycles. The first kappa shape index (κ1) is 14.6. The smallest absolute Gasteiger partial charge is 0.258 e. The Hall–Kier alpha value is -1.34. The van der Waals surface area contributed by atoms with Crippen molar-refractivity contribution in [2.45, 2.75) is 37.2 Å². The minimum Gasteiger partial charge on any atom is -0.355 e. The van der Waals surface area contributed by atoms with Crippen LogP contribution in [0.25, 0.3) is 4.96 Å². The van der Waals surface area contributed by atoms with Crippen molar-refractivity contribution in [3.8, 4) is 0 Å². The number of carbonyl (C=O) groups is 1. The van der Waals surface area contributed by atoms with Crippen LogP contribution in [0.15, 0.2) is 16.2 Å². The van der Waals surface area contributed by atoms with Crippen molar-refractivity contribution in [1.29, 1.82) is 0 Å². The van der Waals surface area contributed by atoms with Crippen molar-refractivity contribution in [3.05, 3.63) is 33.2 Å². The van der Waals surface area contributed by atoms with E-state index in [1.165, 1.54) is 11.3 Å². The van der Waals surface area contributed by atoms with Crippen molar-refractivity contribution >= 4 is 34.0 Å². The van der Waals surface area contributed by atoms with Crippen molar-refractivity contribution in [1.82, 2.24) is 14.7 Å². The number of carbonyl (C=O) groups excluding carboxylic acids is 1. The summed E-state index contributed by atoms with van der Waals surface area (Å²) in [5.74, 6) is 0.711. The minimum absolute atomic E-state index is 0.0298. The Balaban J connectivity index is 1.76. The zero-order valence-electron chi connectivity index (χ0n) is 11.8. The van der Waals surface area contributed by atoms with Gasteiger partial charge in [-0.2, -0.15) is 0 Å². The highest BCUT2D eigenvalue weighted by molar-refractivity contribution is 7.99. The van der Waals surface area contributed by atoms with Crippen molar-refractivity contribution in [2.24, 2.45) is 0 Å². The number of thioether (sulfide) groups is 1. The molecule has 0 unspecified atom stereocenters. The van der Waals surface area contributed by atoms with Gasteiger partial charge in [-0.3, -0.25) is 14.0 Å². The average molecular weight is 323 g/mol. The Labute approximate surface area is 130 Å². The van der Waals surface area contributed by atoms with E-state index in [-0.39, 0.29) is 16.7 Å². The number of aromatic nitrogens is 2. The minimum atomic E-state index is -0.0420. The fourth-order valence-corrected chi connectivity index (χ4v) is 4.41. The summed E-state index contributed by atoms with van der Waals surface area (Å²) in [4.78, 5) is 29.2. The molecule has 0 spiro atoms. The number of amides is 1. The summed E-state index contributed by atoms with van der Waals surface area (Å²) in [6.07, 6.45) is 3.01. The van der Waals surface area contributed by atoms with Crippen LogP contribution in [0.4, 0.5) is 0 Å². The van der Waals surface area contributed by atoms with Crippen LogP contribution < -0.4 is 10.9 Å². The number of thiazole rings is 1. The molecule has 7 heteroatoms. The normalized spacial score (nSPS) is 19.5. The van der Waals surface area contributed by atoms with E-state index in [0.717, 1.165) is 42.2 Å². The quantitative estimate of drug-likeness (QED) is 0.938. The van der Waals surface area contributed by atoms with Gasteiger partial charge in [-0.1, -0.05) is 6.42 Å². The van der Waals surface area contributed by atoms with Gasteiger partial charge in [0, 0.05) is 29.4 Å². The molecule has 1 aliphatic rings. The zero-order valence-corrected chi connectivity index (χ0v) is 13.4. The predicted molar refractivity (Wildman–Crippen MR) is 86.0 cm³/mol. The standard InChI is InChI=1S/C14H17N3O2S2/c1-9-7-21-14-16-10(6-12(18)17(9)14)8-20-11-4-2-3-5-15-13(11)19/h6-7,11H,2-5,8H2,1H3,(H,15,19)/t11-/m0/s1. The fourth-order valence-electron chi connectivity index (χ4n) is 2.43. The van der Waals surface area contributed by atoms with Gasteiger partial charge in [0.25, 0.3) is 5.56 Å². The number of nitrogens with zero attached hydrogens (tertiary/aromatic N) is 2. The molecule has 2 aromatic rings. The maximum atomic E-state index is 12.1. The van der Waals surface area contributed by atoms with E-state index < -0.39 is 0 Å². The summed E-state index contributed by atoms with van der Waals surface area (Å²) in [5.41, 5.74) is 1.62. The molecule has 1 fully saturated rings. The molecule has 21 heavy (non-hydrogen) atoms. The molecule has 3 rings (SSSR count). The van der Waals surface area contributed by atoms with Crippen LogP contribution in [0.5, 0.6) is 0 Å². The molecule has 1 saturated heterocycles. The Morgan fingerprint density at radius 3 is 3.19 bits per heavy atom. The Morgan fingerprint density at radius 1 is 1.48 bits per heavy atom. The number of aryl methyl sites for hydroxylation is 1. The lowest BCUT2D eigenvalue weighted by atomic mass is 10.2. The van der Waals surface area contributed by atoms with E-state index in [2.05, 4.69) is 10.3 Å². The molecule has 1 N–H and O–H groups in total. The van der Waals surface area contributed by atoms with Gasteiger partial charge in [-0.15, -0.1) is 23.1 Å². The molecule has 0 bridgehead atoms. The van der Waals surface area contributed by atoms with E-state index in [9.17, 15) is 9.59 Å². The van der Waals surface area contributed by atoms with Gasteiger partial charge in [-0.25, -0.2) is 4.98 Å². The lowest BCUT2D eigenvalue weighted by Crippen LogP contribution is -2.30. The van der Waals surface area contributed by atoms with E-state index in [0.29, 0.717) is 5.75 Å². The maximum Gasteiger partial charge on any atom is 0.258 e. The summed E-state index contributed by atoms with van der Waals surface area (Å²) >= 11 is 3.05. The average Bonchev–Trinajstić information content (AvgIpc) is 2.71. The molecule has 1 atom stereocenters. The topological polar surface area (TPSA) is 63.5 Å². The molecule has 1 aliphatic heterocycles. The monoisotopic (exact) mass is 323 g/mol. The van der Waals surface area contributed by atoms with Crippen LogP contribution in [0.3, 0.4) is 0 Å². The van der Waals surface area contributed by atoms with E-state index >= 15 is 0 Å². The maximum absolute atomic E-state index is 12.1. The predicted octanol–water partition coefficient (Wildman–Crippen LogP) is 1.97. The Kier molecular flexibility index (Phi) is 4.30. The fraction of sp³-hybridized carbons (Fsp3) is 0.500. The van der Waals surface area contributed by atoms with Crippen LogP contribution in [0, 0.1) is 6.92 Å². The summed E-state index contributed by atoms with van der Waals surface area (Å²) in [6.45, 7) is 2.67. The Bertz CT molecular complexity index is 723. The van der Waals surface area contributed by atoms with Gasteiger partial charge in [-0.05, 0) is 19.8 Å². The van der Waals surface area contributed by atoms with Gasteiger partial charge >= 0.3 is 0 Å². The molecule has 2 aromatic heterocycles. The first-order valence-corrected chi connectivity index (χ1v) is 8.94. The third kappa shape index (κ3) is 3.13. The largest absolute Gasteiger partial charge is 0.355 e. The Morgan fingerprint density at radius 2 is 2.33 bits per heavy atom. The highest BCUT2D eigenvalue weighted by Crippen LogP contribution is 2.23. The SMILES string of the molecule is Cc1csc2nc(CS[C@H]3CCCCNC3=O)cc(=O)n12. The molecule has 1 amide bonds. The molecule has 5 nitrogen and oxygen atoms in total. The van der Waals surface area contributed by atoms with Crippen molar-refractivity contribution in [3.63, 3.8) is 0 Å². The van der Waals surface area contributed by atoms with Gasteiger partial charge in [0.2, 0.25) is 5.91 Å². The number of fused-ring (bicyclic) bond motifs is 1. The second-order valence-corrected chi connectivity index (χ2v) is 7.19. The van der Waals surface area contributed by atoms with Crippen LogP contribution in [0.1, 0.15) is 30.7 Å². The first-order valence-electron chi connectivity index (χ1n) is 7.01. The lowest BCUT2D eigenvalue weighted by Gasteiger charge is -2.12. The third-order valence-corrected chi connectivity index (χ3v) is 5.80. The zero-order chi connectivity index (χ0) is 14.8. The van der Waals surface area contributed by atoms with Crippen molar-refractivity contribution < 1.29 is 4.79 Å².